The SMILES string of the molecule is CC(C)(O)C(C)(C)O.OB(Oc1ccccc1)Oc1ccc2ccc3cccnc3c2n1. The molecule has 32 heavy (non-hydrogen) atoms. The van der Waals surface area contributed by atoms with E-state index in [1.54, 1.807) is 52.1 Å². The number of nitrogens with zero attached hydrogens (tertiary/aromatic N) is 2. The molecule has 0 unspecified atom stereocenters. The highest BCUT2D eigenvalue weighted by atomic mass is 16.7. The molecule has 0 saturated carbocycles. The zero-order chi connectivity index (χ0) is 23.4. The van der Waals surface area contributed by atoms with Crippen molar-refractivity contribution in [1.29, 1.82) is 0 Å². The average molecular weight is 434 g/mol. The number of fused-ring (bicyclic) bond motifs is 3. The summed E-state index contributed by atoms with van der Waals surface area (Å²) in [6.45, 7) is 6.31. The monoisotopic (exact) mass is 434 g/mol. The maximum atomic E-state index is 9.94. The molecule has 2 aromatic heterocycles. The Labute approximate surface area is 187 Å². The molecule has 3 N–H and O–H groups in total. The fourth-order valence-electron chi connectivity index (χ4n) is 2.51. The first kappa shape index (κ1) is 23.5. The Morgan fingerprint density at radius 1 is 0.719 bits per heavy atom. The minimum atomic E-state index is -1.44. The zero-order valence-corrected chi connectivity index (χ0v) is 18.6. The summed E-state index contributed by atoms with van der Waals surface area (Å²) < 4.78 is 10.7. The summed E-state index contributed by atoms with van der Waals surface area (Å²) >= 11 is 0. The van der Waals surface area contributed by atoms with Crippen molar-refractivity contribution in [2.45, 2.75) is 38.9 Å². The molecular formula is C24H27BN2O5. The molecule has 0 aliphatic carbocycles. The van der Waals surface area contributed by atoms with Crippen molar-refractivity contribution in [2.75, 3.05) is 0 Å². The van der Waals surface area contributed by atoms with Crippen molar-refractivity contribution < 1.29 is 24.5 Å². The molecule has 166 valence electrons. The lowest BCUT2D eigenvalue weighted by atomic mass is 9.90. The first-order chi connectivity index (χ1) is 15.0. The molecule has 0 saturated heterocycles. The molecule has 2 aromatic carbocycles. The van der Waals surface area contributed by atoms with Gasteiger partial charge in [-0.05, 0) is 58.0 Å². The molecule has 0 radical (unpaired) electrons. The standard InChI is InChI=1S/C18H13BN2O3.C6H14O2/c22-19(23-15-6-2-1-3-7-15)24-16-11-10-14-9-8-13-5-4-12-20-17(13)18(14)21-16;1-5(2,7)6(3,4)8/h1-12,22H;7-8H,1-4H3. The fourth-order valence-corrected chi connectivity index (χ4v) is 2.51. The second kappa shape index (κ2) is 9.52. The maximum absolute atomic E-state index is 9.94. The van der Waals surface area contributed by atoms with Gasteiger partial charge >= 0.3 is 7.32 Å². The van der Waals surface area contributed by atoms with Crippen LogP contribution in [0.3, 0.4) is 0 Å². The van der Waals surface area contributed by atoms with Gasteiger partial charge in [0.2, 0.25) is 0 Å². The van der Waals surface area contributed by atoms with Crippen LogP contribution in [-0.4, -0.2) is 43.7 Å². The van der Waals surface area contributed by atoms with E-state index in [2.05, 4.69) is 9.97 Å². The van der Waals surface area contributed by atoms with Crippen LogP contribution >= 0.6 is 0 Å². The number of rotatable bonds is 5. The zero-order valence-electron chi connectivity index (χ0n) is 18.6. The van der Waals surface area contributed by atoms with Gasteiger partial charge in [0.25, 0.3) is 0 Å². The highest BCUT2D eigenvalue weighted by Crippen LogP contribution is 2.24. The van der Waals surface area contributed by atoms with E-state index in [1.165, 1.54) is 0 Å². The Balaban J connectivity index is 0.000000312. The van der Waals surface area contributed by atoms with Crippen molar-refractivity contribution in [3.05, 3.63) is 72.9 Å². The molecule has 4 rings (SSSR count). The number of hydrogen-bond acceptors (Lipinski definition) is 7. The van der Waals surface area contributed by atoms with Gasteiger partial charge in [-0.2, -0.15) is 0 Å². The van der Waals surface area contributed by atoms with Gasteiger partial charge in [-0.1, -0.05) is 36.4 Å². The van der Waals surface area contributed by atoms with Crippen LogP contribution in [-0.2, 0) is 0 Å². The van der Waals surface area contributed by atoms with E-state index >= 15 is 0 Å². The third-order valence-electron chi connectivity index (χ3n) is 5.11. The number of hydrogen-bond donors (Lipinski definition) is 3. The smallest absolute Gasteiger partial charge is 0.501 e. The third-order valence-corrected chi connectivity index (χ3v) is 5.11. The summed E-state index contributed by atoms with van der Waals surface area (Å²) in [5.41, 5.74) is -0.503. The third kappa shape index (κ3) is 5.94. The molecule has 0 atom stereocenters. The van der Waals surface area contributed by atoms with E-state index in [4.69, 9.17) is 19.5 Å². The Bertz CT molecular complexity index is 1160. The van der Waals surface area contributed by atoms with Crippen LogP contribution in [0.25, 0.3) is 21.8 Å². The van der Waals surface area contributed by atoms with E-state index < -0.39 is 18.5 Å². The van der Waals surface area contributed by atoms with Crippen LogP contribution in [0.4, 0.5) is 0 Å². The number of pyridine rings is 2. The number of aliphatic hydroxyl groups is 2. The van der Waals surface area contributed by atoms with E-state index in [0.29, 0.717) is 5.75 Å². The lowest BCUT2D eigenvalue weighted by Crippen LogP contribution is -2.44. The minimum absolute atomic E-state index is 0.268. The lowest BCUT2D eigenvalue weighted by molar-refractivity contribution is -0.107. The van der Waals surface area contributed by atoms with Crippen molar-refractivity contribution in [3.8, 4) is 11.6 Å². The predicted molar refractivity (Wildman–Crippen MR) is 125 cm³/mol. The van der Waals surface area contributed by atoms with E-state index in [0.717, 1.165) is 21.8 Å². The van der Waals surface area contributed by atoms with Gasteiger partial charge in [-0.25, -0.2) is 4.98 Å². The Morgan fingerprint density at radius 2 is 1.31 bits per heavy atom. The molecule has 8 heteroatoms. The molecule has 0 bridgehead atoms. The van der Waals surface area contributed by atoms with Crippen LogP contribution in [0, 0.1) is 0 Å². The predicted octanol–water partition coefficient (Wildman–Crippen LogP) is 3.75. The first-order valence-corrected chi connectivity index (χ1v) is 10.2. The second-order valence-corrected chi connectivity index (χ2v) is 8.34. The van der Waals surface area contributed by atoms with Gasteiger partial charge in [0.1, 0.15) is 11.3 Å². The van der Waals surface area contributed by atoms with Crippen molar-refractivity contribution in [1.82, 2.24) is 9.97 Å². The lowest BCUT2D eigenvalue weighted by Gasteiger charge is -2.31. The first-order valence-electron chi connectivity index (χ1n) is 10.2. The number of para-hydroxylation sites is 1. The van der Waals surface area contributed by atoms with E-state index in [9.17, 15) is 5.02 Å². The molecule has 0 fully saturated rings. The molecule has 0 aliphatic heterocycles. The van der Waals surface area contributed by atoms with Gasteiger partial charge in [0.15, 0.2) is 5.88 Å². The molecule has 0 aliphatic rings. The Kier molecular flexibility index (Phi) is 6.98. The largest absolute Gasteiger partial charge is 0.786 e. The highest BCUT2D eigenvalue weighted by Gasteiger charge is 2.32. The number of benzene rings is 2. The molecule has 0 amide bonds. The Hall–Kier alpha value is -3.20. The minimum Gasteiger partial charge on any atom is -0.501 e. The summed E-state index contributed by atoms with van der Waals surface area (Å²) in [4.78, 5) is 8.85. The normalized spacial score (nSPS) is 11.6. The molecule has 2 heterocycles. The van der Waals surface area contributed by atoms with E-state index in [1.807, 2.05) is 48.5 Å². The van der Waals surface area contributed by atoms with Crippen LogP contribution in [0.15, 0.2) is 72.9 Å². The van der Waals surface area contributed by atoms with Gasteiger partial charge in [-0.15, -0.1) is 0 Å². The van der Waals surface area contributed by atoms with Crippen molar-refractivity contribution in [3.63, 3.8) is 0 Å². The maximum Gasteiger partial charge on any atom is 0.786 e. The number of aromatic nitrogens is 2. The molecule has 4 aromatic rings. The summed E-state index contributed by atoms with van der Waals surface area (Å²) in [7, 11) is -1.44. The average Bonchev–Trinajstić information content (AvgIpc) is 2.73. The van der Waals surface area contributed by atoms with Gasteiger partial charge < -0.3 is 24.5 Å². The summed E-state index contributed by atoms with van der Waals surface area (Å²) in [6, 6.07) is 20.4. The quantitative estimate of drug-likeness (QED) is 0.325. The molecule has 7 nitrogen and oxygen atoms in total. The van der Waals surface area contributed by atoms with Crippen molar-refractivity contribution >= 4 is 29.1 Å². The van der Waals surface area contributed by atoms with Crippen molar-refractivity contribution in [2.24, 2.45) is 0 Å². The van der Waals surface area contributed by atoms with Crippen LogP contribution in [0.1, 0.15) is 27.7 Å². The summed E-state index contributed by atoms with van der Waals surface area (Å²) in [5.74, 6) is 0.780. The van der Waals surface area contributed by atoms with E-state index in [-0.39, 0.29) is 5.88 Å². The Morgan fingerprint density at radius 3 is 1.94 bits per heavy atom. The fraction of sp³-hybridized carbons (Fsp3) is 0.250. The van der Waals surface area contributed by atoms with Crippen LogP contribution < -0.4 is 9.31 Å². The van der Waals surface area contributed by atoms with Gasteiger partial charge in [0, 0.05) is 17.0 Å². The second-order valence-electron chi connectivity index (χ2n) is 8.34. The molecular weight excluding hydrogens is 407 g/mol. The van der Waals surface area contributed by atoms with Crippen LogP contribution in [0.5, 0.6) is 11.6 Å². The highest BCUT2D eigenvalue weighted by molar-refractivity contribution is 6.36. The van der Waals surface area contributed by atoms with Crippen LogP contribution in [0.2, 0.25) is 0 Å². The summed E-state index contributed by atoms with van der Waals surface area (Å²) in [6.07, 6.45) is 1.73. The topological polar surface area (TPSA) is 105 Å². The van der Waals surface area contributed by atoms with Gasteiger partial charge in [0.05, 0.1) is 16.7 Å². The van der Waals surface area contributed by atoms with Gasteiger partial charge in [-0.3, -0.25) is 4.98 Å². The summed E-state index contributed by atoms with van der Waals surface area (Å²) in [5, 5.41) is 30.1. The molecule has 0 spiro atoms.